The van der Waals surface area contributed by atoms with Gasteiger partial charge in [0.1, 0.15) is 5.75 Å². The Hall–Kier alpha value is -3.06. The SMILES string of the molecule is CC.CC.CCOc1ccc(Cc2cc(C3CC(O)CC(CNc4cccc(NC(=O)C5CCCC5)c4)O3)ccc2Cl)cc1. The summed E-state index contributed by atoms with van der Waals surface area (Å²) in [7, 11) is 0. The Balaban J connectivity index is 0.00000127. The summed E-state index contributed by atoms with van der Waals surface area (Å²) in [6.45, 7) is 11.2. The maximum atomic E-state index is 12.5. The Kier molecular flexibility index (Phi) is 15.0. The molecular weight excluding hydrogens is 572 g/mol. The van der Waals surface area contributed by atoms with Gasteiger partial charge in [-0.3, -0.25) is 4.79 Å². The minimum Gasteiger partial charge on any atom is -0.494 e. The second kappa shape index (κ2) is 18.7. The van der Waals surface area contributed by atoms with Crippen LogP contribution in [0.1, 0.15) is 95.9 Å². The second-order valence-corrected chi connectivity index (χ2v) is 11.3. The van der Waals surface area contributed by atoms with E-state index >= 15 is 0 Å². The normalized spacial score (nSPS) is 19.6. The van der Waals surface area contributed by atoms with Gasteiger partial charge in [0.2, 0.25) is 5.91 Å². The van der Waals surface area contributed by atoms with Gasteiger partial charge in [-0.2, -0.15) is 0 Å². The van der Waals surface area contributed by atoms with E-state index in [4.69, 9.17) is 21.1 Å². The third kappa shape index (κ3) is 10.5. The highest BCUT2D eigenvalue weighted by atomic mass is 35.5. The average Bonchev–Trinajstić information content (AvgIpc) is 3.60. The number of halogens is 1. The molecule has 2 aliphatic rings. The molecular formula is C37H51ClN2O4. The number of aliphatic hydroxyl groups excluding tert-OH is 1. The summed E-state index contributed by atoms with van der Waals surface area (Å²) in [5.74, 6) is 1.09. The Morgan fingerprint density at radius 3 is 2.36 bits per heavy atom. The van der Waals surface area contributed by atoms with Crippen molar-refractivity contribution in [1.29, 1.82) is 0 Å². The van der Waals surface area contributed by atoms with E-state index in [1.54, 1.807) is 0 Å². The van der Waals surface area contributed by atoms with Crippen LogP contribution in [-0.2, 0) is 16.0 Å². The van der Waals surface area contributed by atoms with Crippen molar-refractivity contribution in [3.8, 4) is 5.75 Å². The molecule has 3 aromatic carbocycles. The zero-order valence-electron chi connectivity index (χ0n) is 27.1. The summed E-state index contributed by atoms with van der Waals surface area (Å²) in [6, 6.07) is 21.9. The van der Waals surface area contributed by atoms with Gasteiger partial charge in [0.25, 0.3) is 0 Å². The molecule has 6 nitrogen and oxygen atoms in total. The minimum atomic E-state index is -0.451. The predicted molar refractivity (Wildman–Crippen MR) is 183 cm³/mol. The number of aliphatic hydroxyl groups is 1. The topological polar surface area (TPSA) is 79.8 Å². The molecule has 1 amide bonds. The molecule has 240 valence electrons. The lowest BCUT2D eigenvalue weighted by Gasteiger charge is -2.34. The van der Waals surface area contributed by atoms with Gasteiger partial charge in [-0.1, -0.05) is 82.5 Å². The van der Waals surface area contributed by atoms with Crippen molar-refractivity contribution in [2.24, 2.45) is 5.92 Å². The summed E-state index contributed by atoms with van der Waals surface area (Å²) < 4.78 is 12.0. The van der Waals surface area contributed by atoms with Crippen molar-refractivity contribution in [2.45, 2.75) is 97.9 Å². The van der Waals surface area contributed by atoms with Crippen LogP contribution in [0.25, 0.3) is 0 Å². The van der Waals surface area contributed by atoms with Gasteiger partial charge < -0.3 is 25.2 Å². The van der Waals surface area contributed by atoms with Crippen molar-refractivity contribution in [2.75, 3.05) is 23.8 Å². The molecule has 0 aromatic heterocycles. The molecule has 5 rings (SSSR count). The van der Waals surface area contributed by atoms with Gasteiger partial charge in [0.05, 0.1) is 24.9 Å². The molecule has 2 fully saturated rings. The van der Waals surface area contributed by atoms with Gasteiger partial charge in [-0.25, -0.2) is 0 Å². The molecule has 3 N–H and O–H groups in total. The zero-order valence-corrected chi connectivity index (χ0v) is 27.8. The summed E-state index contributed by atoms with van der Waals surface area (Å²) in [5, 5.41) is 17.9. The van der Waals surface area contributed by atoms with Gasteiger partial charge in [-0.05, 0) is 79.3 Å². The quantitative estimate of drug-likeness (QED) is 0.210. The number of benzene rings is 3. The Morgan fingerprint density at radius 2 is 1.66 bits per heavy atom. The smallest absolute Gasteiger partial charge is 0.227 e. The molecule has 1 aliphatic carbocycles. The maximum absolute atomic E-state index is 12.5. The van der Waals surface area contributed by atoms with E-state index < -0.39 is 6.10 Å². The molecule has 1 aliphatic heterocycles. The van der Waals surface area contributed by atoms with E-state index in [1.165, 1.54) is 0 Å². The molecule has 0 bridgehead atoms. The lowest BCUT2D eigenvalue weighted by molar-refractivity contribution is -0.119. The fourth-order valence-electron chi connectivity index (χ4n) is 5.73. The fraction of sp³-hybridized carbons (Fsp3) is 0.486. The van der Waals surface area contributed by atoms with Crippen LogP contribution in [-0.4, -0.2) is 36.4 Å². The van der Waals surface area contributed by atoms with Crippen molar-refractivity contribution >= 4 is 28.9 Å². The highest BCUT2D eigenvalue weighted by Crippen LogP contribution is 2.34. The van der Waals surface area contributed by atoms with Gasteiger partial charge in [-0.15, -0.1) is 0 Å². The Labute approximate surface area is 269 Å². The molecule has 7 heteroatoms. The lowest BCUT2D eigenvalue weighted by Crippen LogP contribution is -2.35. The van der Waals surface area contributed by atoms with Crippen LogP contribution in [0.4, 0.5) is 11.4 Å². The van der Waals surface area contributed by atoms with Gasteiger partial charge in [0.15, 0.2) is 0 Å². The number of hydrogen-bond acceptors (Lipinski definition) is 5. The maximum Gasteiger partial charge on any atom is 0.227 e. The molecule has 3 unspecified atom stereocenters. The first-order valence-corrected chi connectivity index (χ1v) is 16.8. The Bertz CT molecular complexity index is 1280. The number of amides is 1. The lowest BCUT2D eigenvalue weighted by atomic mass is 9.93. The van der Waals surface area contributed by atoms with Gasteiger partial charge >= 0.3 is 0 Å². The minimum absolute atomic E-state index is 0.112. The standard InChI is InChI=1S/C33H39ClN2O4.2C2H6/c1-2-39-29-13-10-22(11-14-29)16-25-17-24(12-15-31(25)34)32-20-28(37)19-30(40-32)21-35-26-8-5-9-27(18-26)36-33(38)23-6-3-4-7-23;2*1-2/h5,8-15,17-18,23,28,30,32,35,37H,2-4,6-7,16,19-21H2,1H3,(H,36,38);2*1-2H3. The van der Waals surface area contributed by atoms with Crippen LogP contribution in [0.3, 0.4) is 0 Å². The first-order valence-electron chi connectivity index (χ1n) is 16.4. The molecule has 1 saturated carbocycles. The molecule has 1 heterocycles. The van der Waals surface area contributed by atoms with E-state index in [1.807, 2.05) is 83.1 Å². The zero-order chi connectivity index (χ0) is 31.9. The highest BCUT2D eigenvalue weighted by Gasteiger charge is 2.30. The number of carbonyl (C=O) groups excluding carboxylic acids is 1. The van der Waals surface area contributed by atoms with E-state index in [-0.39, 0.29) is 24.0 Å². The van der Waals surface area contributed by atoms with Crippen LogP contribution in [0.5, 0.6) is 5.75 Å². The number of ether oxygens (including phenoxy) is 2. The third-order valence-electron chi connectivity index (χ3n) is 7.84. The number of nitrogens with one attached hydrogen (secondary N) is 2. The first-order chi connectivity index (χ1) is 21.5. The molecule has 1 saturated heterocycles. The van der Waals surface area contributed by atoms with Crippen LogP contribution >= 0.6 is 11.6 Å². The molecule has 3 aromatic rings. The summed E-state index contributed by atoms with van der Waals surface area (Å²) in [5.41, 5.74) is 4.90. The molecule has 44 heavy (non-hydrogen) atoms. The Morgan fingerprint density at radius 1 is 0.955 bits per heavy atom. The van der Waals surface area contributed by atoms with Gasteiger partial charge in [0, 0.05) is 41.7 Å². The van der Waals surface area contributed by atoms with Crippen molar-refractivity contribution in [3.05, 3.63) is 88.4 Å². The van der Waals surface area contributed by atoms with Crippen molar-refractivity contribution in [3.63, 3.8) is 0 Å². The van der Waals surface area contributed by atoms with E-state index in [2.05, 4.69) is 28.8 Å². The highest BCUT2D eigenvalue weighted by molar-refractivity contribution is 6.31. The van der Waals surface area contributed by atoms with E-state index in [0.717, 1.165) is 59.5 Å². The fourth-order valence-corrected chi connectivity index (χ4v) is 5.91. The predicted octanol–water partition coefficient (Wildman–Crippen LogP) is 9.20. The largest absolute Gasteiger partial charge is 0.494 e. The first kappa shape index (κ1) is 35.4. The molecule has 0 radical (unpaired) electrons. The van der Waals surface area contributed by atoms with Crippen molar-refractivity contribution < 1.29 is 19.4 Å². The van der Waals surface area contributed by atoms with Crippen LogP contribution in [0, 0.1) is 5.92 Å². The molecule has 0 spiro atoms. The van der Waals surface area contributed by atoms with Crippen LogP contribution in [0.2, 0.25) is 5.02 Å². The number of hydrogen-bond donors (Lipinski definition) is 3. The summed E-state index contributed by atoms with van der Waals surface area (Å²) in [6.07, 6.45) is 5.20. The second-order valence-electron chi connectivity index (χ2n) is 10.9. The monoisotopic (exact) mass is 622 g/mol. The van der Waals surface area contributed by atoms with E-state index in [9.17, 15) is 9.90 Å². The summed E-state index contributed by atoms with van der Waals surface area (Å²) in [4.78, 5) is 12.5. The van der Waals surface area contributed by atoms with E-state index in [0.29, 0.717) is 37.4 Å². The third-order valence-corrected chi connectivity index (χ3v) is 8.21. The number of rotatable bonds is 10. The average molecular weight is 623 g/mol. The number of anilines is 2. The van der Waals surface area contributed by atoms with Crippen LogP contribution in [0.15, 0.2) is 66.7 Å². The number of carbonyl (C=O) groups is 1. The summed E-state index contributed by atoms with van der Waals surface area (Å²) >= 11 is 6.57. The van der Waals surface area contributed by atoms with Crippen LogP contribution < -0.4 is 15.4 Å². The van der Waals surface area contributed by atoms with Crippen molar-refractivity contribution in [1.82, 2.24) is 0 Å². The molecule has 3 atom stereocenters.